The summed E-state index contributed by atoms with van der Waals surface area (Å²) in [6.45, 7) is 0.328. The number of nitrogens with zero attached hydrogens (tertiary/aromatic N) is 1. The number of hydrogen-bond donors (Lipinski definition) is 0. The summed E-state index contributed by atoms with van der Waals surface area (Å²) in [4.78, 5) is 10.3. The Morgan fingerprint density at radius 2 is 2.00 bits per heavy atom. The zero-order chi connectivity index (χ0) is 14.5. The second-order valence-electron chi connectivity index (χ2n) is 3.97. The molecule has 20 heavy (non-hydrogen) atoms. The monoisotopic (exact) mass is 337 g/mol. The molecule has 0 aliphatic heterocycles. The highest BCUT2D eigenvalue weighted by Crippen LogP contribution is 2.29. The van der Waals surface area contributed by atoms with Crippen LogP contribution < -0.4 is 9.47 Å². The van der Waals surface area contributed by atoms with Crippen molar-refractivity contribution in [3.8, 4) is 11.5 Å². The van der Waals surface area contributed by atoms with E-state index in [9.17, 15) is 10.1 Å². The number of nitro groups is 1. The fraction of sp³-hybridized carbons (Fsp3) is 0.143. The van der Waals surface area contributed by atoms with Crippen molar-refractivity contribution in [2.75, 3.05) is 7.11 Å². The van der Waals surface area contributed by atoms with Gasteiger partial charge in [-0.15, -0.1) is 0 Å². The molecule has 2 rings (SSSR count). The average Bonchev–Trinajstić information content (AvgIpc) is 2.45. The van der Waals surface area contributed by atoms with E-state index in [4.69, 9.17) is 9.47 Å². The highest BCUT2D eigenvalue weighted by Gasteiger charge is 2.12. The minimum Gasteiger partial charge on any atom is -0.496 e. The van der Waals surface area contributed by atoms with Gasteiger partial charge in [-0.1, -0.05) is 18.2 Å². The van der Waals surface area contributed by atoms with Crippen molar-refractivity contribution < 1.29 is 14.4 Å². The molecule has 0 heterocycles. The number of ether oxygens (including phenoxy) is 2. The summed E-state index contributed by atoms with van der Waals surface area (Å²) in [7, 11) is 1.60. The van der Waals surface area contributed by atoms with Crippen molar-refractivity contribution in [2.24, 2.45) is 0 Å². The Kier molecular flexibility index (Phi) is 4.57. The molecule has 0 unspecified atom stereocenters. The third kappa shape index (κ3) is 3.27. The molecule has 0 aliphatic carbocycles. The first-order valence-electron chi connectivity index (χ1n) is 5.80. The van der Waals surface area contributed by atoms with Crippen LogP contribution in [-0.4, -0.2) is 12.0 Å². The third-order valence-corrected chi connectivity index (χ3v) is 3.34. The standard InChI is InChI=1S/C14H12BrNO4/c1-19-14-5-3-2-4-10(14)9-20-11-6-7-13(16(17)18)12(15)8-11/h2-8H,9H2,1H3. The molecule has 2 aromatic carbocycles. The fourth-order valence-corrected chi connectivity index (χ4v) is 2.21. The van der Waals surface area contributed by atoms with E-state index in [0.717, 1.165) is 11.3 Å². The molecule has 0 N–H and O–H groups in total. The highest BCUT2D eigenvalue weighted by molar-refractivity contribution is 9.10. The van der Waals surface area contributed by atoms with Gasteiger partial charge in [-0.3, -0.25) is 10.1 Å². The molecule has 0 aromatic heterocycles. The van der Waals surface area contributed by atoms with E-state index in [1.807, 2.05) is 24.3 Å². The van der Waals surface area contributed by atoms with Gasteiger partial charge < -0.3 is 9.47 Å². The largest absolute Gasteiger partial charge is 0.496 e. The molecule has 104 valence electrons. The number of benzene rings is 2. The smallest absolute Gasteiger partial charge is 0.283 e. The van der Waals surface area contributed by atoms with Crippen LogP contribution in [0.5, 0.6) is 11.5 Å². The topological polar surface area (TPSA) is 61.6 Å². The highest BCUT2D eigenvalue weighted by atomic mass is 79.9. The van der Waals surface area contributed by atoms with E-state index < -0.39 is 4.92 Å². The van der Waals surface area contributed by atoms with Gasteiger partial charge >= 0.3 is 0 Å². The molecule has 2 aromatic rings. The second kappa shape index (κ2) is 6.38. The summed E-state index contributed by atoms with van der Waals surface area (Å²) < 4.78 is 11.2. The van der Waals surface area contributed by atoms with E-state index in [1.54, 1.807) is 19.2 Å². The maximum atomic E-state index is 10.7. The number of halogens is 1. The number of methoxy groups -OCH3 is 1. The van der Waals surface area contributed by atoms with Gasteiger partial charge in [0.2, 0.25) is 0 Å². The number of para-hydroxylation sites is 1. The average molecular weight is 338 g/mol. The minimum atomic E-state index is -0.450. The third-order valence-electron chi connectivity index (χ3n) is 2.70. The molecule has 0 spiro atoms. The molecule has 0 bridgehead atoms. The maximum Gasteiger partial charge on any atom is 0.283 e. The van der Waals surface area contributed by atoms with Crippen LogP contribution in [0.4, 0.5) is 5.69 Å². The van der Waals surface area contributed by atoms with Gasteiger partial charge in [0.15, 0.2) is 0 Å². The van der Waals surface area contributed by atoms with E-state index in [2.05, 4.69) is 15.9 Å². The summed E-state index contributed by atoms with van der Waals surface area (Å²) in [5, 5.41) is 10.7. The summed E-state index contributed by atoms with van der Waals surface area (Å²) in [5.74, 6) is 1.29. The number of hydrogen-bond acceptors (Lipinski definition) is 4. The van der Waals surface area contributed by atoms with Crippen LogP contribution in [0.2, 0.25) is 0 Å². The zero-order valence-electron chi connectivity index (χ0n) is 10.7. The Morgan fingerprint density at radius 1 is 1.25 bits per heavy atom. The van der Waals surface area contributed by atoms with Crippen LogP contribution in [0.3, 0.4) is 0 Å². The Labute approximate surface area is 124 Å². The quantitative estimate of drug-likeness (QED) is 0.612. The number of nitro benzene ring substituents is 1. The SMILES string of the molecule is COc1ccccc1COc1ccc([N+](=O)[O-])c(Br)c1. The molecule has 6 heteroatoms. The van der Waals surface area contributed by atoms with Crippen LogP contribution >= 0.6 is 15.9 Å². The summed E-state index contributed by atoms with van der Waals surface area (Å²) in [6.07, 6.45) is 0. The zero-order valence-corrected chi connectivity index (χ0v) is 12.3. The predicted molar refractivity (Wildman–Crippen MR) is 78.1 cm³/mol. The van der Waals surface area contributed by atoms with E-state index in [1.165, 1.54) is 6.07 Å². The lowest BCUT2D eigenvalue weighted by molar-refractivity contribution is -0.385. The van der Waals surface area contributed by atoms with Gasteiger partial charge in [-0.2, -0.15) is 0 Å². The van der Waals surface area contributed by atoms with Crippen LogP contribution in [0.25, 0.3) is 0 Å². The first kappa shape index (κ1) is 14.3. The van der Waals surface area contributed by atoms with Crippen LogP contribution in [-0.2, 0) is 6.61 Å². The van der Waals surface area contributed by atoms with E-state index >= 15 is 0 Å². The molecule has 0 radical (unpaired) electrons. The van der Waals surface area contributed by atoms with Crippen LogP contribution in [0.15, 0.2) is 46.9 Å². The van der Waals surface area contributed by atoms with Crippen LogP contribution in [0.1, 0.15) is 5.56 Å². The molecule has 0 saturated carbocycles. The molecule has 5 nitrogen and oxygen atoms in total. The van der Waals surface area contributed by atoms with Crippen LogP contribution in [0, 0.1) is 10.1 Å². The van der Waals surface area contributed by atoms with E-state index in [-0.39, 0.29) is 5.69 Å². The molecule has 0 atom stereocenters. The van der Waals surface area contributed by atoms with Crippen molar-refractivity contribution in [3.63, 3.8) is 0 Å². The maximum absolute atomic E-state index is 10.7. The van der Waals surface area contributed by atoms with Gasteiger partial charge in [0.25, 0.3) is 5.69 Å². The lowest BCUT2D eigenvalue weighted by Gasteiger charge is -2.10. The molecule has 0 amide bonds. The van der Waals surface area contributed by atoms with Gasteiger partial charge in [0, 0.05) is 17.7 Å². The van der Waals surface area contributed by atoms with Crippen molar-refractivity contribution in [1.29, 1.82) is 0 Å². The fourth-order valence-electron chi connectivity index (χ4n) is 1.71. The molecule has 0 aliphatic rings. The summed E-state index contributed by atoms with van der Waals surface area (Å²) in [6, 6.07) is 12.1. The number of rotatable bonds is 5. The Morgan fingerprint density at radius 3 is 2.65 bits per heavy atom. The van der Waals surface area contributed by atoms with Crippen molar-refractivity contribution in [3.05, 3.63) is 62.6 Å². The van der Waals surface area contributed by atoms with Crippen molar-refractivity contribution in [1.82, 2.24) is 0 Å². The van der Waals surface area contributed by atoms with Crippen molar-refractivity contribution in [2.45, 2.75) is 6.61 Å². The minimum absolute atomic E-state index is 0.00893. The predicted octanol–water partition coefficient (Wildman–Crippen LogP) is 3.94. The van der Waals surface area contributed by atoms with Gasteiger partial charge in [0.1, 0.15) is 18.1 Å². The first-order valence-corrected chi connectivity index (χ1v) is 6.59. The Balaban J connectivity index is 2.11. The second-order valence-corrected chi connectivity index (χ2v) is 4.83. The summed E-state index contributed by atoms with van der Waals surface area (Å²) in [5.41, 5.74) is 0.916. The lowest BCUT2D eigenvalue weighted by Crippen LogP contribution is -1.99. The van der Waals surface area contributed by atoms with E-state index in [0.29, 0.717) is 16.8 Å². The Bertz CT molecular complexity index is 630. The van der Waals surface area contributed by atoms with Gasteiger partial charge in [0.05, 0.1) is 16.5 Å². The lowest BCUT2D eigenvalue weighted by atomic mass is 10.2. The Hall–Kier alpha value is -2.08. The molecule has 0 fully saturated rings. The normalized spacial score (nSPS) is 10.1. The van der Waals surface area contributed by atoms with Crippen molar-refractivity contribution >= 4 is 21.6 Å². The molecular formula is C14H12BrNO4. The molecule has 0 saturated heterocycles. The summed E-state index contributed by atoms with van der Waals surface area (Å²) >= 11 is 3.16. The van der Waals surface area contributed by atoms with Gasteiger partial charge in [-0.05, 0) is 28.1 Å². The first-order chi connectivity index (χ1) is 9.61. The molecular weight excluding hydrogens is 326 g/mol. The van der Waals surface area contributed by atoms with Gasteiger partial charge in [-0.25, -0.2) is 0 Å².